The molecule has 0 aliphatic carbocycles. The summed E-state index contributed by atoms with van der Waals surface area (Å²) < 4.78 is 0.554. The number of hydrogen-bond donors (Lipinski definition) is 0. The molecular weight excluding hydrogens is 314 g/mol. The lowest BCUT2D eigenvalue weighted by molar-refractivity contribution is -0.167. The van der Waals surface area contributed by atoms with E-state index < -0.39 is 17.8 Å². The van der Waals surface area contributed by atoms with Crippen LogP contribution in [-0.2, 0) is 16.1 Å². The highest BCUT2D eigenvalue weighted by atomic mass is 35.5. The zero-order valence-corrected chi connectivity index (χ0v) is 12.1. The zero-order valence-electron chi connectivity index (χ0n) is 10.5. The van der Waals surface area contributed by atoms with Gasteiger partial charge in [0.2, 0.25) is 0 Å². The molecule has 5 nitrogen and oxygen atoms in total. The Hall–Kier alpha value is -2.18. The maximum Gasteiger partial charge on any atom is 0.338 e. The summed E-state index contributed by atoms with van der Waals surface area (Å²) in [4.78, 5) is 41.4. The first-order chi connectivity index (χ1) is 10.1. The molecule has 1 aromatic carbocycles. The van der Waals surface area contributed by atoms with Crippen molar-refractivity contribution in [3.63, 3.8) is 0 Å². The van der Waals surface area contributed by atoms with Crippen LogP contribution in [0.2, 0.25) is 4.34 Å². The van der Waals surface area contributed by atoms with Gasteiger partial charge in [-0.2, -0.15) is 0 Å². The van der Waals surface area contributed by atoms with E-state index in [0.717, 1.165) is 0 Å². The van der Waals surface area contributed by atoms with E-state index in [-0.39, 0.29) is 17.5 Å². The lowest BCUT2D eigenvalue weighted by Crippen LogP contribution is -2.33. The molecular formula is C14H8ClNO4S. The Morgan fingerprint density at radius 3 is 2.24 bits per heavy atom. The number of halogens is 1. The maximum absolute atomic E-state index is 12.0. The molecule has 2 amide bonds. The number of rotatable bonds is 3. The van der Waals surface area contributed by atoms with Gasteiger partial charge in [-0.15, -0.1) is 11.3 Å². The van der Waals surface area contributed by atoms with Crippen molar-refractivity contribution in [3.8, 4) is 0 Å². The predicted octanol–water partition coefficient (Wildman–Crippen LogP) is 2.70. The van der Waals surface area contributed by atoms with Crippen molar-refractivity contribution < 1.29 is 19.2 Å². The molecule has 0 fully saturated rings. The van der Waals surface area contributed by atoms with Gasteiger partial charge >= 0.3 is 5.97 Å². The first kappa shape index (κ1) is 13.8. The second-order valence-corrected chi connectivity index (χ2v) is 6.10. The molecule has 7 heteroatoms. The van der Waals surface area contributed by atoms with Crippen LogP contribution in [-0.4, -0.2) is 22.8 Å². The van der Waals surface area contributed by atoms with E-state index in [9.17, 15) is 14.4 Å². The Morgan fingerprint density at radius 2 is 1.71 bits per heavy atom. The molecule has 0 bridgehead atoms. The number of carbonyl (C=O) groups is 3. The van der Waals surface area contributed by atoms with E-state index in [2.05, 4.69) is 0 Å². The molecule has 0 unspecified atom stereocenters. The molecule has 0 N–H and O–H groups in total. The molecule has 0 saturated heterocycles. The van der Waals surface area contributed by atoms with Crippen LogP contribution in [0.3, 0.4) is 0 Å². The summed E-state index contributed by atoms with van der Waals surface area (Å²) in [6.07, 6.45) is -0.0508. The second-order valence-electron chi connectivity index (χ2n) is 4.30. The van der Waals surface area contributed by atoms with Crippen molar-refractivity contribution in [3.05, 3.63) is 56.7 Å². The van der Waals surface area contributed by atoms with Crippen molar-refractivity contribution in [2.45, 2.75) is 6.42 Å². The van der Waals surface area contributed by atoms with E-state index in [4.69, 9.17) is 16.4 Å². The molecule has 0 spiro atoms. The van der Waals surface area contributed by atoms with Crippen LogP contribution in [0.5, 0.6) is 0 Å². The van der Waals surface area contributed by atoms with Crippen molar-refractivity contribution >= 4 is 40.7 Å². The zero-order chi connectivity index (χ0) is 15.0. The topological polar surface area (TPSA) is 63.7 Å². The van der Waals surface area contributed by atoms with Crippen LogP contribution in [0.1, 0.15) is 25.6 Å². The Kier molecular flexibility index (Phi) is 3.48. The van der Waals surface area contributed by atoms with Crippen molar-refractivity contribution in [1.29, 1.82) is 0 Å². The van der Waals surface area contributed by atoms with Crippen LogP contribution in [0.4, 0.5) is 0 Å². The Bertz CT molecular complexity index is 720. The van der Waals surface area contributed by atoms with E-state index >= 15 is 0 Å². The summed E-state index contributed by atoms with van der Waals surface area (Å²) in [6.45, 7) is 0. The number of carbonyl (C=O) groups excluding carboxylic acids is 3. The molecule has 106 valence electrons. The number of imide groups is 1. The first-order valence-corrected chi connectivity index (χ1v) is 7.18. The van der Waals surface area contributed by atoms with Gasteiger partial charge in [0.15, 0.2) is 0 Å². The highest BCUT2D eigenvalue weighted by Gasteiger charge is 2.38. The van der Waals surface area contributed by atoms with Gasteiger partial charge in [-0.25, -0.2) is 4.79 Å². The van der Waals surface area contributed by atoms with Crippen molar-refractivity contribution in [2.24, 2.45) is 0 Å². The monoisotopic (exact) mass is 321 g/mol. The molecule has 2 heterocycles. The van der Waals surface area contributed by atoms with Gasteiger partial charge in [0.1, 0.15) is 0 Å². The number of thiophene rings is 1. The van der Waals surface area contributed by atoms with Gasteiger partial charge in [0.25, 0.3) is 11.8 Å². The molecule has 1 aliphatic heterocycles. The van der Waals surface area contributed by atoms with Crippen molar-refractivity contribution in [2.75, 3.05) is 0 Å². The third-order valence-electron chi connectivity index (χ3n) is 2.90. The fraction of sp³-hybridized carbons (Fsp3) is 0.0714. The SMILES string of the molecule is O=C(Cc1ccc(Cl)s1)ON1C(=O)c2ccccc2C1=O. The molecule has 21 heavy (non-hydrogen) atoms. The molecule has 0 atom stereocenters. The van der Waals surface area contributed by atoms with Crippen LogP contribution in [0.15, 0.2) is 36.4 Å². The van der Waals surface area contributed by atoms with Gasteiger partial charge in [-0.05, 0) is 24.3 Å². The first-order valence-electron chi connectivity index (χ1n) is 5.99. The summed E-state index contributed by atoms with van der Waals surface area (Å²) in [5.74, 6) is -1.95. The number of amides is 2. The van der Waals surface area contributed by atoms with E-state index in [1.165, 1.54) is 23.5 Å². The minimum Gasteiger partial charge on any atom is -0.329 e. The maximum atomic E-state index is 12.0. The van der Waals surface area contributed by atoms with Gasteiger partial charge in [0.05, 0.1) is 21.9 Å². The largest absolute Gasteiger partial charge is 0.338 e. The quantitative estimate of drug-likeness (QED) is 0.815. The average molecular weight is 322 g/mol. The smallest absolute Gasteiger partial charge is 0.329 e. The predicted molar refractivity (Wildman–Crippen MR) is 76.1 cm³/mol. The lowest BCUT2D eigenvalue weighted by Gasteiger charge is -2.12. The third-order valence-corrected chi connectivity index (χ3v) is 4.13. The summed E-state index contributed by atoms with van der Waals surface area (Å²) in [7, 11) is 0. The van der Waals surface area contributed by atoms with Crippen LogP contribution in [0.25, 0.3) is 0 Å². The lowest BCUT2D eigenvalue weighted by atomic mass is 10.1. The highest BCUT2D eigenvalue weighted by Crippen LogP contribution is 2.24. The van der Waals surface area contributed by atoms with E-state index in [1.807, 2.05) is 0 Å². The fourth-order valence-corrected chi connectivity index (χ4v) is 3.05. The number of fused-ring (bicyclic) bond motifs is 1. The van der Waals surface area contributed by atoms with E-state index in [1.54, 1.807) is 24.3 Å². The third kappa shape index (κ3) is 2.55. The standard InChI is InChI=1S/C14H8ClNO4S/c15-11-6-5-8(21-11)7-12(17)20-16-13(18)9-3-1-2-4-10(9)14(16)19/h1-6H,7H2. The van der Waals surface area contributed by atoms with E-state index in [0.29, 0.717) is 14.3 Å². The van der Waals surface area contributed by atoms with Gasteiger partial charge in [0, 0.05) is 4.88 Å². The molecule has 2 aromatic rings. The van der Waals surface area contributed by atoms with Crippen molar-refractivity contribution in [1.82, 2.24) is 5.06 Å². The number of hydroxylamine groups is 2. The second kappa shape index (κ2) is 5.31. The summed E-state index contributed by atoms with van der Waals surface area (Å²) in [5, 5.41) is 0.502. The molecule has 1 aliphatic rings. The van der Waals surface area contributed by atoms with Gasteiger partial charge in [-0.3, -0.25) is 9.59 Å². The molecule has 0 saturated carbocycles. The van der Waals surface area contributed by atoms with Gasteiger partial charge in [-0.1, -0.05) is 28.8 Å². The minimum absolute atomic E-state index is 0.0508. The summed E-state index contributed by atoms with van der Waals surface area (Å²) in [6, 6.07) is 9.67. The van der Waals surface area contributed by atoms with Crippen LogP contribution >= 0.6 is 22.9 Å². The van der Waals surface area contributed by atoms with Crippen LogP contribution < -0.4 is 0 Å². The normalized spacial score (nSPS) is 13.5. The molecule has 3 rings (SSSR count). The van der Waals surface area contributed by atoms with Crippen LogP contribution in [0, 0.1) is 0 Å². The summed E-state index contributed by atoms with van der Waals surface area (Å²) in [5.41, 5.74) is 0.462. The number of nitrogens with zero attached hydrogens (tertiary/aromatic N) is 1. The number of hydrogen-bond acceptors (Lipinski definition) is 5. The minimum atomic E-state index is -0.692. The van der Waals surface area contributed by atoms with Gasteiger partial charge < -0.3 is 4.84 Å². The Morgan fingerprint density at radius 1 is 1.10 bits per heavy atom. The molecule has 0 radical (unpaired) electrons. The highest BCUT2D eigenvalue weighted by molar-refractivity contribution is 7.16. The molecule has 1 aromatic heterocycles. The Balaban J connectivity index is 1.73. The number of benzene rings is 1. The Labute approximate surface area is 128 Å². The summed E-state index contributed by atoms with van der Waals surface area (Å²) >= 11 is 7.01. The average Bonchev–Trinajstić information content (AvgIpc) is 2.97. The fourth-order valence-electron chi connectivity index (χ4n) is 1.97.